The fourth-order valence-electron chi connectivity index (χ4n) is 2.81. The first-order chi connectivity index (χ1) is 11.7. The summed E-state index contributed by atoms with van der Waals surface area (Å²) in [6.45, 7) is 0. The summed E-state index contributed by atoms with van der Waals surface area (Å²) in [5.41, 5.74) is 10.5. The number of para-hydroxylation sites is 1. The number of nitrogen functional groups attached to an aromatic ring is 1. The van der Waals surface area contributed by atoms with Crippen molar-refractivity contribution in [1.82, 2.24) is 4.98 Å². The molecule has 3 N–H and O–H groups in total. The summed E-state index contributed by atoms with van der Waals surface area (Å²) in [5.74, 6) is 0.453. The molecule has 118 valence electrons. The molecule has 4 heteroatoms. The monoisotopic (exact) mass is 316 g/mol. The van der Waals surface area contributed by atoms with E-state index in [1.54, 1.807) is 12.1 Å². The van der Waals surface area contributed by atoms with Gasteiger partial charge in [0.05, 0.1) is 5.56 Å². The molecular weight excluding hydrogens is 300 g/mol. The predicted octanol–water partition coefficient (Wildman–Crippen LogP) is 4.37. The van der Waals surface area contributed by atoms with Crippen molar-refractivity contribution < 1.29 is 9.52 Å². The number of anilines is 1. The number of hydrogen-bond donors (Lipinski definition) is 2. The minimum absolute atomic E-state index is 0.0613. The number of oxazole rings is 1. The molecule has 0 saturated carbocycles. The topological polar surface area (TPSA) is 72.3 Å². The average Bonchev–Trinajstić information content (AvgIpc) is 3.01. The highest BCUT2D eigenvalue weighted by atomic mass is 16.3. The molecule has 4 rings (SSSR count). The van der Waals surface area contributed by atoms with Crippen molar-refractivity contribution in [3.8, 4) is 17.2 Å². The second-order valence-corrected chi connectivity index (χ2v) is 5.72. The van der Waals surface area contributed by atoms with Gasteiger partial charge in [0, 0.05) is 23.7 Å². The number of rotatable bonds is 3. The Hall–Kier alpha value is -3.27. The predicted molar refractivity (Wildman–Crippen MR) is 94.8 cm³/mol. The number of hydrogen-bond acceptors (Lipinski definition) is 4. The van der Waals surface area contributed by atoms with Gasteiger partial charge >= 0.3 is 0 Å². The lowest BCUT2D eigenvalue weighted by molar-refractivity contribution is 0.474. The number of fused-ring (bicyclic) bond motifs is 1. The number of benzene rings is 3. The Bertz CT molecular complexity index is 1010. The molecule has 0 spiro atoms. The van der Waals surface area contributed by atoms with Crippen molar-refractivity contribution in [3.63, 3.8) is 0 Å². The van der Waals surface area contributed by atoms with Crippen LogP contribution in [0.2, 0.25) is 0 Å². The number of aromatic nitrogens is 1. The Morgan fingerprint density at radius 3 is 2.58 bits per heavy atom. The van der Waals surface area contributed by atoms with E-state index in [4.69, 9.17) is 10.2 Å². The van der Waals surface area contributed by atoms with Crippen LogP contribution in [0, 0.1) is 0 Å². The van der Waals surface area contributed by atoms with Gasteiger partial charge in [-0.1, -0.05) is 42.5 Å². The van der Waals surface area contributed by atoms with Crippen LogP contribution in [0.3, 0.4) is 0 Å². The summed E-state index contributed by atoms with van der Waals surface area (Å²) in [7, 11) is 0. The zero-order valence-corrected chi connectivity index (χ0v) is 12.9. The second-order valence-electron chi connectivity index (χ2n) is 5.72. The number of phenolic OH excluding ortho intramolecular Hbond substituents is 1. The summed E-state index contributed by atoms with van der Waals surface area (Å²) in [4.78, 5) is 4.51. The summed E-state index contributed by atoms with van der Waals surface area (Å²) < 4.78 is 5.97. The Labute approximate surface area is 139 Å². The second kappa shape index (κ2) is 5.74. The summed E-state index contributed by atoms with van der Waals surface area (Å²) in [6.07, 6.45) is 0.764. The van der Waals surface area contributed by atoms with Crippen LogP contribution in [0.4, 0.5) is 5.69 Å². The van der Waals surface area contributed by atoms with Crippen LogP contribution in [-0.4, -0.2) is 10.1 Å². The molecule has 0 amide bonds. The van der Waals surface area contributed by atoms with Gasteiger partial charge < -0.3 is 15.3 Å². The molecule has 0 aliphatic carbocycles. The van der Waals surface area contributed by atoms with Crippen LogP contribution in [0.25, 0.3) is 22.6 Å². The SMILES string of the molecule is Nc1ccc(-c2nc3cccc(Cc4ccccc4)c3o2)c(O)c1. The van der Waals surface area contributed by atoms with E-state index in [1.807, 2.05) is 36.4 Å². The maximum atomic E-state index is 10.1. The maximum Gasteiger partial charge on any atom is 0.231 e. The van der Waals surface area contributed by atoms with E-state index >= 15 is 0 Å². The Kier molecular flexibility index (Phi) is 3.43. The lowest BCUT2D eigenvalue weighted by Crippen LogP contribution is -1.87. The van der Waals surface area contributed by atoms with E-state index in [0.717, 1.165) is 23.1 Å². The molecule has 0 unspecified atom stereocenters. The van der Waals surface area contributed by atoms with E-state index in [2.05, 4.69) is 17.1 Å². The average molecular weight is 316 g/mol. The smallest absolute Gasteiger partial charge is 0.231 e. The molecule has 4 nitrogen and oxygen atoms in total. The van der Waals surface area contributed by atoms with E-state index < -0.39 is 0 Å². The van der Waals surface area contributed by atoms with Gasteiger partial charge in [-0.3, -0.25) is 0 Å². The Morgan fingerprint density at radius 2 is 1.79 bits per heavy atom. The van der Waals surface area contributed by atoms with Crippen molar-refractivity contribution >= 4 is 16.8 Å². The zero-order chi connectivity index (χ0) is 16.5. The Morgan fingerprint density at radius 1 is 0.958 bits per heavy atom. The van der Waals surface area contributed by atoms with Gasteiger partial charge in [0.25, 0.3) is 0 Å². The number of phenols is 1. The minimum Gasteiger partial charge on any atom is -0.507 e. The van der Waals surface area contributed by atoms with Gasteiger partial charge in [-0.25, -0.2) is 4.98 Å². The maximum absolute atomic E-state index is 10.1. The molecule has 0 aliphatic rings. The lowest BCUT2D eigenvalue weighted by atomic mass is 10.0. The van der Waals surface area contributed by atoms with Gasteiger partial charge in [0.2, 0.25) is 5.89 Å². The Balaban J connectivity index is 1.79. The molecule has 0 radical (unpaired) electrons. The molecule has 0 aliphatic heterocycles. The van der Waals surface area contributed by atoms with Crippen LogP contribution in [0.5, 0.6) is 5.75 Å². The summed E-state index contributed by atoms with van der Waals surface area (Å²) in [5, 5.41) is 10.1. The first-order valence-corrected chi connectivity index (χ1v) is 7.72. The van der Waals surface area contributed by atoms with Crippen LogP contribution < -0.4 is 5.73 Å². The lowest BCUT2D eigenvalue weighted by Gasteiger charge is -2.02. The number of aromatic hydroxyl groups is 1. The minimum atomic E-state index is 0.0613. The summed E-state index contributed by atoms with van der Waals surface area (Å²) >= 11 is 0. The quantitative estimate of drug-likeness (QED) is 0.550. The molecule has 0 bridgehead atoms. The first-order valence-electron chi connectivity index (χ1n) is 7.72. The van der Waals surface area contributed by atoms with E-state index in [1.165, 1.54) is 11.6 Å². The van der Waals surface area contributed by atoms with Gasteiger partial charge in [-0.2, -0.15) is 0 Å². The third-order valence-corrected chi connectivity index (χ3v) is 3.99. The third-order valence-electron chi connectivity index (χ3n) is 3.99. The molecule has 3 aromatic carbocycles. The van der Waals surface area contributed by atoms with Crippen molar-refractivity contribution in [2.45, 2.75) is 6.42 Å². The van der Waals surface area contributed by atoms with E-state index in [9.17, 15) is 5.11 Å². The van der Waals surface area contributed by atoms with Crippen LogP contribution in [0.15, 0.2) is 71.1 Å². The van der Waals surface area contributed by atoms with Crippen molar-refractivity contribution in [1.29, 1.82) is 0 Å². The molecule has 24 heavy (non-hydrogen) atoms. The van der Waals surface area contributed by atoms with Crippen molar-refractivity contribution in [2.75, 3.05) is 5.73 Å². The molecule has 0 saturated heterocycles. The zero-order valence-electron chi connectivity index (χ0n) is 12.9. The summed E-state index contributed by atoms with van der Waals surface area (Å²) in [6, 6.07) is 21.1. The van der Waals surface area contributed by atoms with Crippen LogP contribution in [-0.2, 0) is 6.42 Å². The fourth-order valence-corrected chi connectivity index (χ4v) is 2.81. The number of nitrogens with zero attached hydrogens (tertiary/aromatic N) is 1. The molecule has 0 atom stereocenters. The molecular formula is C20H16N2O2. The number of nitrogens with two attached hydrogens (primary N) is 1. The highest BCUT2D eigenvalue weighted by Gasteiger charge is 2.14. The first kappa shape index (κ1) is 14.3. The highest BCUT2D eigenvalue weighted by Crippen LogP contribution is 2.33. The van der Waals surface area contributed by atoms with Crippen molar-refractivity contribution in [2.24, 2.45) is 0 Å². The van der Waals surface area contributed by atoms with Crippen molar-refractivity contribution in [3.05, 3.63) is 77.9 Å². The van der Waals surface area contributed by atoms with Gasteiger partial charge in [-0.05, 0) is 23.8 Å². The van der Waals surface area contributed by atoms with Gasteiger partial charge in [0.1, 0.15) is 11.3 Å². The van der Waals surface area contributed by atoms with Crippen LogP contribution in [0.1, 0.15) is 11.1 Å². The van der Waals surface area contributed by atoms with Gasteiger partial charge in [0.15, 0.2) is 5.58 Å². The standard InChI is InChI=1S/C20H16N2O2/c21-15-9-10-16(18(23)12-15)20-22-17-8-4-7-14(19(17)24-20)11-13-5-2-1-3-6-13/h1-10,12,23H,11,21H2. The third kappa shape index (κ3) is 2.58. The molecule has 1 heterocycles. The highest BCUT2D eigenvalue weighted by molar-refractivity contribution is 5.81. The van der Waals surface area contributed by atoms with Crippen LogP contribution >= 0.6 is 0 Å². The molecule has 1 aromatic heterocycles. The van der Waals surface area contributed by atoms with E-state index in [-0.39, 0.29) is 5.75 Å². The molecule has 0 fully saturated rings. The molecule has 4 aromatic rings. The van der Waals surface area contributed by atoms with Gasteiger partial charge in [-0.15, -0.1) is 0 Å². The normalized spacial score (nSPS) is 11.0. The van der Waals surface area contributed by atoms with E-state index in [0.29, 0.717) is 17.1 Å². The largest absolute Gasteiger partial charge is 0.507 e. The fraction of sp³-hybridized carbons (Fsp3) is 0.0500.